The van der Waals surface area contributed by atoms with E-state index < -0.39 is 40.6 Å². The summed E-state index contributed by atoms with van der Waals surface area (Å²) in [6.07, 6.45) is 3.36. The molecule has 0 aromatic heterocycles. The number of benzene rings is 1. The molecule has 0 aliphatic rings. The zero-order chi connectivity index (χ0) is 34.2. The van der Waals surface area contributed by atoms with E-state index in [4.69, 9.17) is 18.6 Å². The number of ether oxygens (including phenoxy) is 3. The number of carbonyl (C=O) groups excluding carboxylic acids is 2. The number of esters is 2. The molecule has 0 heterocycles. The summed E-state index contributed by atoms with van der Waals surface area (Å²) in [6, 6.07) is 7.45. The fourth-order valence-corrected chi connectivity index (χ4v) is 7.68. The largest absolute Gasteiger partial charge is 0.466 e. The normalized spacial score (nSPS) is 15.1. The minimum atomic E-state index is -3.35. The van der Waals surface area contributed by atoms with Gasteiger partial charge in [-0.1, -0.05) is 65.3 Å². The van der Waals surface area contributed by atoms with E-state index in [0.717, 1.165) is 11.1 Å². The lowest BCUT2D eigenvalue weighted by molar-refractivity contribution is -0.162. The van der Waals surface area contributed by atoms with Gasteiger partial charge in [0.25, 0.3) is 0 Å². The summed E-state index contributed by atoms with van der Waals surface area (Å²) in [5.41, 5.74) is -0.368. The first kappa shape index (κ1) is 40.0. The highest BCUT2D eigenvalue weighted by Crippen LogP contribution is 2.38. The summed E-state index contributed by atoms with van der Waals surface area (Å²) in [6.45, 7) is 22.2. The molecule has 0 aliphatic carbocycles. The highest BCUT2D eigenvalue weighted by atomic mass is 32.2. The Hall–Kier alpha value is -2.01. The van der Waals surface area contributed by atoms with E-state index in [9.17, 15) is 18.0 Å². The molecule has 0 spiro atoms. The molecule has 8 nitrogen and oxygen atoms in total. The number of hydrogen-bond donors (Lipinski definition) is 0. The van der Waals surface area contributed by atoms with Crippen molar-refractivity contribution in [3.63, 3.8) is 0 Å². The maximum atomic E-state index is 13.7. The van der Waals surface area contributed by atoms with Crippen molar-refractivity contribution in [3.05, 3.63) is 41.0 Å². The minimum absolute atomic E-state index is 0.00446. The molecule has 1 unspecified atom stereocenters. The molecule has 0 amide bonds. The third-order valence-electron chi connectivity index (χ3n) is 8.27. The van der Waals surface area contributed by atoms with Crippen LogP contribution in [0.3, 0.4) is 0 Å². The SMILES string of the molecule is COC/C(=C\c1cccc(C(C)(CCCC(C)(C)CS(=O)(=O)CCO[Si](C)(C)C(C)(C)C)C(=O)OC(C)(C)C)c1)C(=O)OC. The second kappa shape index (κ2) is 15.5. The van der Waals surface area contributed by atoms with Crippen molar-refractivity contribution >= 4 is 36.2 Å². The minimum Gasteiger partial charge on any atom is -0.466 e. The van der Waals surface area contributed by atoms with Crippen LogP contribution < -0.4 is 0 Å². The van der Waals surface area contributed by atoms with E-state index in [0.29, 0.717) is 24.8 Å². The zero-order valence-corrected chi connectivity index (χ0v) is 31.3. The number of hydrogen-bond acceptors (Lipinski definition) is 8. The van der Waals surface area contributed by atoms with Crippen molar-refractivity contribution in [2.45, 2.75) is 111 Å². The third-order valence-corrected chi connectivity index (χ3v) is 14.8. The molecule has 252 valence electrons. The van der Waals surface area contributed by atoms with E-state index in [1.807, 2.05) is 65.8 Å². The predicted octanol–water partition coefficient (Wildman–Crippen LogP) is 7.12. The average molecular weight is 655 g/mol. The molecule has 1 aromatic carbocycles. The molecule has 10 heteroatoms. The lowest BCUT2D eigenvalue weighted by Crippen LogP contribution is -2.42. The van der Waals surface area contributed by atoms with Gasteiger partial charge < -0.3 is 18.6 Å². The van der Waals surface area contributed by atoms with Crippen molar-refractivity contribution < 1.29 is 36.6 Å². The maximum absolute atomic E-state index is 13.7. The second-order valence-corrected chi connectivity index (χ2v) is 22.3. The lowest BCUT2D eigenvalue weighted by Gasteiger charge is -2.36. The summed E-state index contributed by atoms with van der Waals surface area (Å²) in [4.78, 5) is 25.9. The number of rotatable bonds is 16. The van der Waals surface area contributed by atoms with Crippen LogP contribution in [0.15, 0.2) is 29.8 Å². The fourth-order valence-electron chi connectivity index (χ4n) is 4.67. The van der Waals surface area contributed by atoms with Crippen LogP contribution in [0.5, 0.6) is 0 Å². The van der Waals surface area contributed by atoms with E-state index >= 15 is 0 Å². The third kappa shape index (κ3) is 12.8. The molecule has 44 heavy (non-hydrogen) atoms. The van der Waals surface area contributed by atoms with E-state index in [-0.39, 0.29) is 35.7 Å². The average Bonchev–Trinajstić information content (AvgIpc) is 2.85. The Bertz CT molecular complexity index is 1250. The fraction of sp³-hybridized carbons (Fsp3) is 0.706. The van der Waals surface area contributed by atoms with Crippen molar-refractivity contribution in [1.82, 2.24) is 0 Å². The van der Waals surface area contributed by atoms with Gasteiger partial charge in [0.1, 0.15) is 5.60 Å². The Kier molecular flexibility index (Phi) is 14.1. The first-order valence-electron chi connectivity index (χ1n) is 15.3. The topological polar surface area (TPSA) is 105 Å². The number of sulfone groups is 1. The van der Waals surface area contributed by atoms with Gasteiger partial charge in [-0.05, 0) is 81.3 Å². The van der Waals surface area contributed by atoms with E-state index in [2.05, 4.69) is 33.9 Å². The Morgan fingerprint density at radius 3 is 2.07 bits per heavy atom. The highest BCUT2D eigenvalue weighted by Gasteiger charge is 2.40. The molecule has 1 atom stereocenters. The molecule has 1 aromatic rings. The van der Waals surface area contributed by atoms with E-state index in [1.165, 1.54) is 14.2 Å². The van der Waals surface area contributed by atoms with Crippen LogP contribution in [0.2, 0.25) is 18.1 Å². The standard InChI is InChI=1S/C34H58O8SSi/c1-31(2,3)42-30(36)34(9,28-17-14-16-26(23-28)22-27(24-39-10)29(35)40-11)19-15-18-33(7,8)25-43(37,38)21-20-41-44(12,13)32(4,5)6/h14,16-17,22-23H,15,18-21,24-25H2,1-13H3/b27-22+. The molecule has 0 aliphatic heterocycles. The van der Waals surface area contributed by atoms with Gasteiger partial charge >= 0.3 is 11.9 Å². The van der Waals surface area contributed by atoms with Crippen LogP contribution in [0.25, 0.3) is 6.08 Å². The molecular formula is C34H58O8SSi. The Labute approximate surface area is 268 Å². The first-order chi connectivity index (χ1) is 19.9. The van der Waals surface area contributed by atoms with Crippen LogP contribution in [0, 0.1) is 5.41 Å². The summed E-state index contributed by atoms with van der Waals surface area (Å²) in [5, 5.41) is 0.0141. The van der Waals surface area contributed by atoms with Crippen LogP contribution in [0.4, 0.5) is 0 Å². The number of methoxy groups -OCH3 is 2. The van der Waals surface area contributed by atoms with Crippen molar-refractivity contribution in [2.24, 2.45) is 5.41 Å². The Balaban J connectivity index is 3.18. The van der Waals surface area contributed by atoms with Gasteiger partial charge in [-0.2, -0.15) is 0 Å². The molecule has 0 bridgehead atoms. The molecule has 1 rings (SSSR count). The molecule has 0 saturated carbocycles. The second-order valence-electron chi connectivity index (χ2n) is 15.3. The molecule has 0 N–H and O–H groups in total. The van der Waals surface area contributed by atoms with Gasteiger partial charge in [0.15, 0.2) is 18.2 Å². The van der Waals surface area contributed by atoms with Crippen LogP contribution in [-0.4, -0.2) is 73.2 Å². The van der Waals surface area contributed by atoms with Gasteiger partial charge in [-0.3, -0.25) is 4.79 Å². The highest BCUT2D eigenvalue weighted by molar-refractivity contribution is 7.91. The van der Waals surface area contributed by atoms with Crippen LogP contribution >= 0.6 is 0 Å². The van der Waals surface area contributed by atoms with Crippen molar-refractivity contribution in [1.29, 1.82) is 0 Å². The number of carbonyl (C=O) groups is 2. The van der Waals surface area contributed by atoms with Gasteiger partial charge in [0.2, 0.25) is 0 Å². The molecular weight excluding hydrogens is 597 g/mol. The van der Waals surface area contributed by atoms with Gasteiger partial charge in [0, 0.05) is 13.7 Å². The predicted molar refractivity (Wildman–Crippen MR) is 181 cm³/mol. The first-order valence-corrected chi connectivity index (χ1v) is 20.1. The monoisotopic (exact) mass is 654 g/mol. The smallest absolute Gasteiger partial charge is 0.336 e. The quantitative estimate of drug-likeness (QED) is 0.105. The molecule has 0 fully saturated rings. The van der Waals surface area contributed by atoms with Crippen LogP contribution in [-0.2, 0) is 43.5 Å². The van der Waals surface area contributed by atoms with Gasteiger partial charge in [-0.15, -0.1) is 0 Å². The molecule has 0 saturated heterocycles. The van der Waals surface area contributed by atoms with Crippen molar-refractivity contribution in [2.75, 3.05) is 38.9 Å². The zero-order valence-electron chi connectivity index (χ0n) is 29.5. The summed E-state index contributed by atoms with van der Waals surface area (Å²) >= 11 is 0. The van der Waals surface area contributed by atoms with Gasteiger partial charge in [0.05, 0.1) is 36.2 Å². The summed E-state index contributed by atoms with van der Waals surface area (Å²) in [5.74, 6) is -0.810. The van der Waals surface area contributed by atoms with E-state index in [1.54, 1.807) is 6.08 Å². The van der Waals surface area contributed by atoms with Crippen molar-refractivity contribution in [3.8, 4) is 0 Å². The Morgan fingerprint density at radius 2 is 1.55 bits per heavy atom. The summed E-state index contributed by atoms with van der Waals surface area (Å²) in [7, 11) is -2.56. The molecule has 0 radical (unpaired) electrons. The van der Waals surface area contributed by atoms with Gasteiger partial charge in [-0.25, -0.2) is 13.2 Å². The lowest BCUT2D eigenvalue weighted by atomic mass is 9.75. The summed E-state index contributed by atoms with van der Waals surface area (Å²) < 4.78 is 48.2. The van der Waals surface area contributed by atoms with Crippen LogP contribution in [0.1, 0.15) is 92.7 Å². The maximum Gasteiger partial charge on any atom is 0.336 e. The Morgan fingerprint density at radius 1 is 0.932 bits per heavy atom.